The summed E-state index contributed by atoms with van der Waals surface area (Å²) in [7, 11) is 0. The number of carbonyl (C=O) groups is 2. The third-order valence-corrected chi connectivity index (χ3v) is 6.42. The lowest BCUT2D eigenvalue weighted by molar-refractivity contribution is -0.136. The van der Waals surface area contributed by atoms with Crippen LogP contribution in [0.3, 0.4) is 0 Å². The molecular weight excluding hydrogens is 296 g/mol. The Morgan fingerprint density at radius 2 is 2.11 bits per heavy atom. The van der Waals surface area contributed by atoms with Crippen LogP contribution in [0.4, 0.5) is 0 Å². The summed E-state index contributed by atoms with van der Waals surface area (Å²) in [5.41, 5.74) is 4.23. The molecular formula is C13H21BrN2O2. The van der Waals surface area contributed by atoms with Crippen LogP contribution in [0.1, 0.15) is 33.1 Å². The third-order valence-electron chi connectivity index (χ3n) is 5.46. The largest absolute Gasteiger partial charge is 0.354 e. The minimum atomic E-state index is -0.535. The van der Waals surface area contributed by atoms with Gasteiger partial charge in [-0.25, -0.2) is 0 Å². The van der Waals surface area contributed by atoms with E-state index in [1.54, 1.807) is 0 Å². The lowest BCUT2D eigenvalue weighted by atomic mass is 9.64. The molecule has 5 heteroatoms. The SMILES string of the molecule is CC1(C)C2(CBr)CCC1(C(=O)NCCN)CC2=O. The van der Waals surface area contributed by atoms with Crippen LogP contribution < -0.4 is 11.1 Å². The van der Waals surface area contributed by atoms with E-state index in [0.29, 0.717) is 24.8 Å². The van der Waals surface area contributed by atoms with Gasteiger partial charge >= 0.3 is 0 Å². The summed E-state index contributed by atoms with van der Waals surface area (Å²) in [6.07, 6.45) is 1.98. The van der Waals surface area contributed by atoms with Gasteiger partial charge in [-0.15, -0.1) is 0 Å². The van der Waals surface area contributed by atoms with Crippen LogP contribution in [0, 0.1) is 16.2 Å². The number of hydrogen-bond acceptors (Lipinski definition) is 3. The van der Waals surface area contributed by atoms with E-state index in [1.807, 2.05) is 0 Å². The highest BCUT2D eigenvalue weighted by molar-refractivity contribution is 9.09. The fraction of sp³-hybridized carbons (Fsp3) is 0.846. The smallest absolute Gasteiger partial charge is 0.227 e. The van der Waals surface area contributed by atoms with Crippen LogP contribution in [0.2, 0.25) is 0 Å². The molecule has 18 heavy (non-hydrogen) atoms. The van der Waals surface area contributed by atoms with Gasteiger partial charge in [-0.3, -0.25) is 9.59 Å². The molecule has 0 aromatic rings. The van der Waals surface area contributed by atoms with E-state index in [4.69, 9.17) is 5.73 Å². The average Bonchev–Trinajstić information content (AvgIpc) is 2.66. The zero-order valence-electron chi connectivity index (χ0n) is 11.0. The molecule has 2 aliphatic carbocycles. The lowest BCUT2D eigenvalue weighted by Gasteiger charge is -2.39. The van der Waals surface area contributed by atoms with E-state index in [2.05, 4.69) is 35.1 Å². The van der Waals surface area contributed by atoms with Gasteiger partial charge in [0.1, 0.15) is 5.78 Å². The van der Waals surface area contributed by atoms with E-state index in [0.717, 1.165) is 12.8 Å². The first-order chi connectivity index (χ1) is 8.38. The standard InChI is InChI=1S/C13H21BrN2O2/c1-11(2)12(10(18)16-6-5-15)3-4-13(11,8-14)9(17)7-12/h3-8,15H2,1-2H3,(H,16,18). The van der Waals surface area contributed by atoms with Crippen molar-refractivity contribution in [1.82, 2.24) is 5.32 Å². The van der Waals surface area contributed by atoms with Gasteiger partial charge in [-0.05, 0) is 18.3 Å². The predicted molar refractivity (Wildman–Crippen MR) is 73.4 cm³/mol. The fourth-order valence-corrected chi connectivity index (χ4v) is 5.19. The van der Waals surface area contributed by atoms with Gasteiger partial charge in [0, 0.05) is 30.3 Å². The second-order valence-electron chi connectivity index (χ2n) is 6.07. The number of hydrogen-bond donors (Lipinski definition) is 2. The average molecular weight is 317 g/mol. The van der Waals surface area contributed by atoms with Crippen molar-refractivity contribution in [3.8, 4) is 0 Å². The quantitative estimate of drug-likeness (QED) is 0.766. The van der Waals surface area contributed by atoms with Crippen LogP contribution in [-0.4, -0.2) is 30.1 Å². The fourth-order valence-electron chi connectivity index (χ4n) is 3.89. The molecule has 0 aromatic carbocycles. The molecule has 2 bridgehead atoms. The number of rotatable bonds is 4. The summed E-state index contributed by atoms with van der Waals surface area (Å²) in [6, 6.07) is 0. The maximum absolute atomic E-state index is 12.5. The number of amides is 1. The summed E-state index contributed by atoms with van der Waals surface area (Å²) in [4.78, 5) is 24.8. The molecule has 0 heterocycles. The number of Topliss-reactive ketones (excluding diaryl/α,β-unsaturated/α-hetero) is 1. The van der Waals surface area contributed by atoms with Crippen molar-refractivity contribution in [2.75, 3.05) is 18.4 Å². The summed E-state index contributed by atoms with van der Waals surface area (Å²) in [6.45, 7) is 5.04. The Hall–Kier alpha value is -0.420. The van der Waals surface area contributed by atoms with Crippen LogP contribution in [0.25, 0.3) is 0 Å². The summed E-state index contributed by atoms with van der Waals surface area (Å²) >= 11 is 3.49. The number of nitrogens with one attached hydrogen (secondary N) is 1. The van der Waals surface area contributed by atoms with Crippen molar-refractivity contribution in [3.05, 3.63) is 0 Å². The van der Waals surface area contributed by atoms with Crippen molar-refractivity contribution < 1.29 is 9.59 Å². The number of halogens is 1. The van der Waals surface area contributed by atoms with Gasteiger partial charge in [-0.2, -0.15) is 0 Å². The zero-order valence-corrected chi connectivity index (χ0v) is 12.6. The highest BCUT2D eigenvalue weighted by Crippen LogP contribution is 2.71. The Morgan fingerprint density at radius 1 is 1.44 bits per heavy atom. The Kier molecular flexibility index (Phi) is 3.35. The van der Waals surface area contributed by atoms with Crippen molar-refractivity contribution >= 4 is 27.6 Å². The van der Waals surface area contributed by atoms with Crippen molar-refractivity contribution in [1.29, 1.82) is 0 Å². The maximum Gasteiger partial charge on any atom is 0.227 e. The van der Waals surface area contributed by atoms with E-state index < -0.39 is 5.41 Å². The molecule has 2 rings (SSSR count). The summed E-state index contributed by atoms with van der Waals surface area (Å²) in [5.74, 6) is 0.241. The number of ketones is 1. The van der Waals surface area contributed by atoms with Gasteiger partial charge in [-0.1, -0.05) is 29.8 Å². The monoisotopic (exact) mass is 316 g/mol. The van der Waals surface area contributed by atoms with Crippen molar-refractivity contribution in [2.24, 2.45) is 22.0 Å². The van der Waals surface area contributed by atoms with E-state index in [-0.39, 0.29) is 22.5 Å². The van der Waals surface area contributed by atoms with Crippen LogP contribution in [0.5, 0.6) is 0 Å². The Balaban J connectivity index is 2.36. The van der Waals surface area contributed by atoms with Crippen molar-refractivity contribution in [3.63, 3.8) is 0 Å². The highest BCUT2D eigenvalue weighted by Gasteiger charge is 2.73. The molecule has 2 aliphatic rings. The molecule has 1 amide bonds. The molecule has 0 spiro atoms. The van der Waals surface area contributed by atoms with Gasteiger partial charge < -0.3 is 11.1 Å². The van der Waals surface area contributed by atoms with E-state index >= 15 is 0 Å². The maximum atomic E-state index is 12.5. The first-order valence-electron chi connectivity index (χ1n) is 6.46. The molecule has 4 nitrogen and oxygen atoms in total. The van der Waals surface area contributed by atoms with E-state index in [9.17, 15) is 9.59 Å². The molecule has 102 valence electrons. The second-order valence-corrected chi connectivity index (χ2v) is 6.63. The molecule has 3 N–H and O–H groups in total. The third kappa shape index (κ3) is 1.40. The van der Waals surface area contributed by atoms with Crippen LogP contribution in [0.15, 0.2) is 0 Å². The summed E-state index contributed by atoms with van der Waals surface area (Å²) < 4.78 is 0. The van der Waals surface area contributed by atoms with Crippen LogP contribution in [-0.2, 0) is 9.59 Å². The minimum absolute atomic E-state index is 0.00613. The molecule has 0 aromatic heterocycles. The van der Waals surface area contributed by atoms with Gasteiger partial charge in [0.15, 0.2) is 0 Å². The number of nitrogens with two attached hydrogens (primary N) is 1. The Labute approximate surface area is 116 Å². The van der Waals surface area contributed by atoms with Gasteiger partial charge in [0.05, 0.1) is 5.41 Å². The van der Waals surface area contributed by atoms with E-state index in [1.165, 1.54) is 0 Å². The Morgan fingerprint density at radius 3 is 2.56 bits per heavy atom. The molecule has 2 saturated carbocycles. The van der Waals surface area contributed by atoms with Crippen LogP contribution >= 0.6 is 15.9 Å². The molecule has 2 unspecified atom stereocenters. The molecule has 0 aliphatic heterocycles. The predicted octanol–water partition coefficient (Wildman–Crippen LogP) is 1.22. The molecule has 2 fully saturated rings. The number of fused-ring (bicyclic) bond motifs is 2. The molecule has 2 atom stereocenters. The first kappa shape index (κ1) is 14.0. The second kappa shape index (κ2) is 4.30. The lowest BCUT2D eigenvalue weighted by Crippen LogP contribution is -2.48. The van der Waals surface area contributed by atoms with Crippen molar-refractivity contribution in [2.45, 2.75) is 33.1 Å². The van der Waals surface area contributed by atoms with Gasteiger partial charge in [0.25, 0.3) is 0 Å². The number of carbonyl (C=O) groups excluding carboxylic acids is 2. The topological polar surface area (TPSA) is 72.2 Å². The van der Waals surface area contributed by atoms with Gasteiger partial charge in [0.2, 0.25) is 5.91 Å². The highest BCUT2D eigenvalue weighted by atomic mass is 79.9. The first-order valence-corrected chi connectivity index (χ1v) is 7.58. The molecule has 0 radical (unpaired) electrons. The minimum Gasteiger partial charge on any atom is -0.354 e. The normalized spacial score (nSPS) is 37.0. The number of alkyl halides is 1. The molecule has 0 saturated heterocycles. The Bertz CT molecular complexity index is 396. The zero-order chi connectivity index (χ0) is 13.6. The summed E-state index contributed by atoms with van der Waals surface area (Å²) in [5, 5.41) is 3.53.